The minimum Gasteiger partial charge on any atom is -0.469 e. The fraction of sp³-hybridized carbons (Fsp3) is 0.923. The number of rotatable bonds is 9. The maximum Gasteiger partial charge on any atom is 0.306 e. The van der Waals surface area contributed by atoms with E-state index in [1.807, 2.05) is 6.92 Å². The topological polar surface area (TPSA) is 75.7 Å². The van der Waals surface area contributed by atoms with Gasteiger partial charge in [0, 0.05) is 19.1 Å². The Morgan fingerprint density at radius 1 is 1.45 bits per heavy atom. The number of nitrogens with zero attached hydrogens (tertiary/aromatic N) is 1. The third-order valence-electron chi connectivity index (χ3n) is 3.53. The smallest absolute Gasteiger partial charge is 0.306 e. The lowest BCUT2D eigenvalue weighted by molar-refractivity contribution is -0.140. The van der Waals surface area contributed by atoms with Gasteiger partial charge in [0.05, 0.1) is 19.3 Å². The van der Waals surface area contributed by atoms with Crippen molar-refractivity contribution in [2.75, 3.05) is 32.5 Å². The highest BCUT2D eigenvalue weighted by molar-refractivity contribution is 7.89. The molecule has 0 amide bonds. The van der Waals surface area contributed by atoms with Crippen molar-refractivity contribution in [2.24, 2.45) is 0 Å². The molecule has 118 valence electrons. The Morgan fingerprint density at radius 2 is 2.20 bits per heavy atom. The summed E-state index contributed by atoms with van der Waals surface area (Å²) in [7, 11) is -2.12. The summed E-state index contributed by atoms with van der Waals surface area (Å²) in [5.74, 6) is -0.654. The molecule has 1 fully saturated rings. The van der Waals surface area contributed by atoms with Gasteiger partial charge in [0.25, 0.3) is 0 Å². The van der Waals surface area contributed by atoms with Crippen molar-refractivity contribution in [3.05, 3.63) is 0 Å². The van der Waals surface area contributed by atoms with E-state index in [0.717, 1.165) is 32.2 Å². The lowest BCUT2D eigenvalue weighted by Crippen LogP contribution is -2.42. The van der Waals surface area contributed by atoms with Crippen LogP contribution in [0, 0.1) is 0 Å². The largest absolute Gasteiger partial charge is 0.469 e. The molecule has 0 aliphatic carbocycles. The fourth-order valence-electron chi connectivity index (χ4n) is 2.28. The molecule has 7 heteroatoms. The molecule has 1 N–H and O–H groups in total. The van der Waals surface area contributed by atoms with E-state index in [1.54, 1.807) is 0 Å². The van der Waals surface area contributed by atoms with Gasteiger partial charge < -0.3 is 10.1 Å². The molecule has 1 heterocycles. The summed E-state index contributed by atoms with van der Waals surface area (Å²) in [6.45, 7) is 4.02. The highest BCUT2D eigenvalue weighted by Crippen LogP contribution is 2.12. The van der Waals surface area contributed by atoms with Crippen LogP contribution in [0.25, 0.3) is 0 Å². The van der Waals surface area contributed by atoms with E-state index >= 15 is 0 Å². The first-order chi connectivity index (χ1) is 9.49. The Morgan fingerprint density at radius 3 is 2.75 bits per heavy atom. The molecular weight excluding hydrogens is 280 g/mol. The first-order valence-electron chi connectivity index (χ1n) is 7.27. The first-order valence-corrected chi connectivity index (χ1v) is 8.88. The van der Waals surface area contributed by atoms with E-state index in [4.69, 9.17) is 0 Å². The molecule has 0 aromatic carbocycles. The van der Waals surface area contributed by atoms with Gasteiger partial charge in [-0.1, -0.05) is 13.3 Å². The number of methoxy groups -OCH3 is 1. The van der Waals surface area contributed by atoms with Crippen molar-refractivity contribution in [3.63, 3.8) is 0 Å². The number of ether oxygens (including phenoxy) is 1. The van der Waals surface area contributed by atoms with Crippen LogP contribution in [0.2, 0.25) is 0 Å². The van der Waals surface area contributed by atoms with E-state index in [9.17, 15) is 13.2 Å². The molecule has 0 saturated carbocycles. The zero-order valence-electron chi connectivity index (χ0n) is 12.4. The van der Waals surface area contributed by atoms with Gasteiger partial charge in [-0.15, -0.1) is 0 Å². The fourth-order valence-corrected chi connectivity index (χ4v) is 3.78. The van der Waals surface area contributed by atoms with E-state index in [-0.39, 0.29) is 18.2 Å². The van der Waals surface area contributed by atoms with Gasteiger partial charge in [-0.3, -0.25) is 4.79 Å². The molecule has 0 aromatic rings. The molecule has 0 aromatic heterocycles. The number of carbonyl (C=O) groups is 1. The Hall–Kier alpha value is -0.660. The quantitative estimate of drug-likeness (QED) is 0.636. The van der Waals surface area contributed by atoms with Gasteiger partial charge in [0.1, 0.15) is 0 Å². The third kappa shape index (κ3) is 5.76. The van der Waals surface area contributed by atoms with Gasteiger partial charge in [0.2, 0.25) is 10.0 Å². The number of nitrogens with one attached hydrogen (secondary N) is 1. The van der Waals surface area contributed by atoms with Crippen LogP contribution in [0.5, 0.6) is 0 Å². The number of unbranched alkanes of at least 4 members (excludes halogenated alkanes) is 1. The predicted octanol–water partition coefficient (Wildman–Crippen LogP) is 0.733. The van der Waals surface area contributed by atoms with Crippen molar-refractivity contribution in [1.82, 2.24) is 9.62 Å². The van der Waals surface area contributed by atoms with Gasteiger partial charge >= 0.3 is 5.97 Å². The third-order valence-corrected chi connectivity index (χ3v) is 5.37. The van der Waals surface area contributed by atoms with Crippen molar-refractivity contribution in [2.45, 2.75) is 45.1 Å². The van der Waals surface area contributed by atoms with E-state index in [1.165, 1.54) is 11.4 Å². The Bertz CT molecular complexity index is 391. The van der Waals surface area contributed by atoms with E-state index < -0.39 is 16.0 Å². The summed E-state index contributed by atoms with van der Waals surface area (Å²) in [4.78, 5) is 11.1. The highest BCUT2D eigenvalue weighted by Gasteiger charge is 2.26. The minimum absolute atomic E-state index is 0.0838. The second-order valence-electron chi connectivity index (χ2n) is 5.15. The number of sulfonamides is 1. The molecule has 1 saturated heterocycles. The zero-order valence-corrected chi connectivity index (χ0v) is 13.2. The van der Waals surface area contributed by atoms with Crippen LogP contribution in [0.3, 0.4) is 0 Å². The SMILES string of the molecule is CCCCN(CC1CCCN1)S(=O)(=O)CCC(=O)OC. The van der Waals surface area contributed by atoms with E-state index in [2.05, 4.69) is 10.1 Å². The van der Waals surface area contributed by atoms with Crippen molar-refractivity contribution < 1.29 is 17.9 Å². The van der Waals surface area contributed by atoms with Crippen LogP contribution in [-0.4, -0.2) is 57.2 Å². The van der Waals surface area contributed by atoms with Gasteiger partial charge in [-0.05, 0) is 25.8 Å². The second-order valence-corrected chi connectivity index (χ2v) is 7.24. The van der Waals surface area contributed by atoms with Crippen LogP contribution in [0.1, 0.15) is 39.0 Å². The Labute approximate surface area is 121 Å². The highest BCUT2D eigenvalue weighted by atomic mass is 32.2. The lowest BCUT2D eigenvalue weighted by Gasteiger charge is -2.25. The van der Waals surface area contributed by atoms with Gasteiger partial charge in [-0.2, -0.15) is 0 Å². The number of esters is 1. The van der Waals surface area contributed by atoms with E-state index in [0.29, 0.717) is 13.1 Å². The minimum atomic E-state index is -3.39. The van der Waals surface area contributed by atoms with Crippen molar-refractivity contribution in [3.8, 4) is 0 Å². The lowest BCUT2D eigenvalue weighted by atomic mass is 10.2. The van der Waals surface area contributed by atoms with Gasteiger partial charge in [0.15, 0.2) is 0 Å². The summed E-state index contributed by atoms with van der Waals surface area (Å²) < 4.78 is 30.7. The summed E-state index contributed by atoms with van der Waals surface area (Å²) in [6.07, 6.45) is 3.80. The first kappa shape index (κ1) is 17.4. The zero-order chi connectivity index (χ0) is 15.0. The summed E-state index contributed by atoms with van der Waals surface area (Å²) >= 11 is 0. The molecule has 6 nitrogen and oxygen atoms in total. The molecule has 1 aliphatic heterocycles. The normalized spacial score (nSPS) is 19.4. The standard InChI is InChI=1S/C13H26N2O4S/c1-3-4-9-15(11-12-6-5-8-14-12)20(17,18)10-7-13(16)19-2/h12,14H,3-11H2,1-2H3. The van der Waals surface area contributed by atoms with Crippen LogP contribution in [0.15, 0.2) is 0 Å². The summed E-state index contributed by atoms with van der Waals surface area (Å²) in [6, 6.07) is 0.236. The summed E-state index contributed by atoms with van der Waals surface area (Å²) in [5, 5.41) is 3.31. The second kappa shape index (κ2) is 8.59. The predicted molar refractivity (Wildman–Crippen MR) is 77.9 cm³/mol. The molecule has 20 heavy (non-hydrogen) atoms. The molecule has 0 bridgehead atoms. The molecule has 1 aliphatic rings. The molecule has 1 atom stereocenters. The number of hydrogen-bond donors (Lipinski definition) is 1. The van der Waals surface area contributed by atoms with Crippen molar-refractivity contribution >= 4 is 16.0 Å². The molecule has 1 unspecified atom stereocenters. The summed E-state index contributed by atoms with van der Waals surface area (Å²) in [5.41, 5.74) is 0. The monoisotopic (exact) mass is 306 g/mol. The van der Waals surface area contributed by atoms with Crippen LogP contribution in [-0.2, 0) is 19.6 Å². The molecule has 0 spiro atoms. The average Bonchev–Trinajstić information content (AvgIpc) is 2.93. The molecular formula is C13H26N2O4S. The maximum atomic E-state index is 12.3. The van der Waals surface area contributed by atoms with Gasteiger partial charge in [-0.25, -0.2) is 12.7 Å². The van der Waals surface area contributed by atoms with Crippen LogP contribution >= 0.6 is 0 Å². The molecule has 0 radical (unpaired) electrons. The van der Waals surface area contributed by atoms with Crippen LogP contribution < -0.4 is 5.32 Å². The molecule has 1 rings (SSSR count). The number of carbonyl (C=O) groups excluding carboxylic acids is 1. The number of hydrogen-bond acceptors (Lipinski definition) is 5. The Balaban J connectivity index is 2.60. The van der Waals surface area contributed by atoms with Crippen LogP contribution in [0.4, 0.5) is 0 Å². The Kier molecular flexibility index (Phi) is 7.47. The average molecular weight is 306 g/mol. The van der Waals surface area contributed by atoms with Crippen molar-refractivity contribution in [1.29, 1.82) is 0 Å². The maximum absolute atomic E-state index is 12.3.